The van der Waals surface area contributed by atoms with Gasteiger partial charge in [0, 0.05) is 22.5 Å². The zero-order valence-corrected chi connectivity index (χ0v) is 16.3. The maximum atomic E-state index is 6.21. The summed E-state index contributed by atoms with van der Waals surface area (Å²) in [4.78, 5) is 0. The molecule has 4 aromatic rings. The van der Waals surface area contributed by atoms with Crippen LogP contribution in [0.3, 0.4) is 0 Å². The van der Waals surface area contributed by atoms with Gasteiger partial charge in [-0.15, -0.1) is 0 Å². The van der Waals surface area contributed by atoms with E-state index in [0.717, 1.165) is 22.9 Å². The fraction of sp³-hybridized carbons (Fsp3) is 0.167. The van der Waals surface area contributed by atoms with Crippen LogP contribution in [0.15, 0.2) is 71.1 Å². The first-order chi connectivity index (χ1) is 13.1. The first-order valence-electron chi connectivity index (χ1n) is 9.14. The lowest BCUT2D eigenvalue weighted by molar-refractivity contribution is 0.515. The smallest absolute Gasteiger partial charge is 0.135 e. The Morgan fingerprint density at radius 2 is 1.52 bits per heavy atom. The van der Waals surface area contributed by atoms with E-state index >= 15 is 0 Å². The molecule has 1 heterocycles. The van der Waals surface area contributed by atoms with Crippen molar-refractivity contribution in [2.75, 3.05) is 0 Å². The van der Waals surface area contributed by atoms with Gasteiger partial charge in [0.15, 0.2) is 0 Å². The number of nitrogens with one attached hydrogen (secondary N) is 1. The number of benzene rings is 3. The minimum atomic E-state index is 0.666. The zero-order valence-electron chi connectivity index (χ0n) is 15.6. The molecule has 0 atom stereocenters. The van der Waals surface area contributed by atoms with E-state index in [1.54, 1.807) is 0 Å². The van der Waals surface area contributed by atoms with Gasteiger partial charge in [-0.25, -0.2) is 0 Å². The molecule has 4 rings (SSSR count). The highest BCUT2D eigenvalue weighted by molar-refractivity contribution is 6.30. The van der Waals surface area contributed by atoms with Gasteiger partial charge in [-0.05, 0) is 49.2 Å². The largest absolute Gasteiger partial charge is 0.459 e. The fourth-order valence-corrected chi connectivity index (χ4v) is 3.47. The molecular weight excluding hydrogens is 354 g/mol. The van der Waals surface area contributed by atoms with Gasteiger partial charge in [-0.2, -0.15) is 0 Å². The standard InChI is InChI=1S/C24H22ClNO/c1-16-3-8-19(9-4-16)24-21-13-17(2)5-12-22(21)27-23(24)15-26-14-18-6-10-20(25)11-7-18/h3-13,26H,14-15H2,1-2H3. The molecular formula is C24H22ClNO. The Balaban J connectivity index is 1.65. The average molecular weight is 376 g/mol. The summed E-state index contributed by atoms with van der Waals surface area (Å²) in [5.74, 6) is 0.966. The molecule has 0 spiro atoms. The summed E-state index contributed by atoms with van der Waals surface area (Å²) in [5, 5.41) is 5.42. The van der Waals surface area contributed by atoms with E-state index in [4.69, 9.17) is 16.0 Å². The summed E-state index contributed by atoms with van der Waals surface area (Å²) in [6.45, 7) is 5.65. The third-order valence-electron chi connectivity index (χ3n) is 4.78. The molecule has 0 radical (unpaired) electrons. The Kier molecular flexibility index (Phi) is 5.02. The molecule has 0 aliphatic heterocycles. The fourth-order valence-electron chi connectivity index (χ4n) is 3.35. The van der Waals surface area contributed by atoms with Crippen LogP contribution in [0.1, 0.15) is 22.5 Å². The molecule has 0 aliphatic rings. The Hall–Kier alpha value is -2.55. The van der Waals surface area contributed by atoms with E-state index in [0.29, 0.717) is 6.54 Å². The van der Waals surface area contributed by atoms with Crippen LogP contribution in [0.2, 0.25) is 5.02 Å². The zero-order chi connectivity index (χ0) is 18.8. The summed E-state index contributed by atoms with van der Waals surface area (Å²) < 4.78 is 6.21. The molecule has 0 fully saturated rings. The third-order valence-corrected chi connectivity index (χ3v) is 5.04. The van der Waals surface area contributed by atoms with E-state index in [1.807, 2.05) is 24.3 Å². The average Bonchev–Trinajstić information content (AvgIpc) is 3.01. The van der Waals surface area contributed by atoms with Gasteiger partial charge in [0.2, 0.25) is 0 Å². The predicted octanol–water partition coefficient (Wildman–Crippen LogP) is 6.66. The monoisotopic (exact) mass is 375 g/mol. The van der Waals surface area contributed by atoms with E-state index in [1.165, 1.54) is 33.2 Å². The van der Waals surface area contributed by atoms with E-state index in [-0.39, 0.29) is 0 Å². The second-order valence-corrected chi connectivity index (χ2v) is 7.43. The third kappa shape index (κ3) is 3.92. The molecule has 0 aliphatic carbocycles. The lowest BCUT2D eigenvalue weighted by atomic mass is 9.99. The van der Waals surface area contributed by atoms with E-state index in [9.17, 15) is 0 Å². The second-order valence-electron chi connectivity index (χ2n) is 7.00. The van der Waals surface area contributed by atoms with Crippen LogP contribution in [0.25, 0.3) is 22.1 Å². The van der Waals surface area contributed by atoms with Gasteiger partial charge < -0.3 is 9.73 Å². The van der Waals surface area contributed by atoms with Crippen molar-refractivity contribution >= 4 is 22.6 Å². The van der Waals surface area contributed by atoms with Gasteiger partial charge in [-0.1, -0.05) is 65.2 Å². The molecule has 0 amide bonds. The summed E-state index contributed by atoms with van der Waals surface area (Å²) >= 11 is 5.96. The first kappa shape index (κ1) is 17.8. The number of halogens is 1. The SMILES string of the molecule is Cc1ccc(-c2c(CNCc3ccc(Cl)cc3)oc3ccc(C)cc23)cc1. The van der Waals surface area contributed by atoms with Gasteiger partial charge in [0.1, 0.15) is 11.3 Å². The highest BCUT2D eigenvalue weighted by Crippen LogP contribution is 2.35. The van der Waals surface area contributed by atoms with Crippen molar-refractivity contribution in [1.82, 2.24) is 5.32 Å². The molecule has 1 aromatic heterocycles. The van der Waals surface area contributed by atoms with Crippen LogP contribution in [0.4, 0.5) is 0 Å². The molecule has 0 saturated carbocycles. The van der Waals surface area contributed by atoms with E-state index in [2.05, 4.69) is 61.6 Å². The molecule has 27 heavy (non-hydrogen) atoms. The Bertz CT molecular complexity index is 1060. The molecule has 0 unspecified atom stereocenters. The topological polar surface area (TPSA) is 25.2 Å². The van der Waals surface area contributed by atoms with Gasteiger partial charge in [0.25, 0.3) is 0 Å². The lowest BCUT2D eigenvalue weighted by Gasteiger charge is -2.07. The van der Waals surface area contributed by atoms with Crippen LogP contribution >= 0.6 is 11.6 Å². The van der Waals surface area contributed by atoms with Crippen LogP contribution in [-0.4, -0.2) is 0 Å². The lowest BCUT2D eigenvalue weighted by Crippen LogP contribution is -2.12. The van der Waals surface area contributed by atoms with Crippen molar-refractivity contribution in [1.29, 1.82) is 0 Å². The number of fused-ring (bicyclic) bond motifs is 1. The number of hydrogen-bond acceptors (Lipinski definition) is 2. The minimum Gasteiger partial charge on any atom is -0.459 e. The second kappa shape index (κ2) is 7.59. The summed E-state index contributed by atoms with van der Waals surface area (Å²) in [7, 11) is 0. The predicted molar refractivity (Wildman–Crippen MR) is 113 cm³/mol. The Morgan fingerprint density at radius 3 is 2.26 bits per heavy atom. The summed E-state index contributed by atoms with van der Waals surface area (Å²) in [6.07, 6.45) is 0. The Labute approximate surface area is 164 Å². The highest BCUT2D eigenvalue weighted by atomic mass is 35.5. The molecule has 3 heteroatoms. The van der Waals surface area contributed by atoms with Gasteiger partial charge in [0.05, 0.1) is 6.54 Å². The molecule has 3 aromatic carbocycles. The van der Waals surface area contributed by atoms with Gasteiger partial charge in [-0.3, -0.25) is 0 Å². The number of rotatable bonds is 5. The van der Waals surface area contributed by atoms with Crippen LogP contribution in [-0.2, 0) is 13.1 Å². The van der Waals surface area contributed by atoms with Crippen molar-refractivity contribution in [3.05, 3.63) is 94.2 Å². The molecule has 0 bridgehead atoms. The first-order valence-corrected chi connectivity index (χ1v) is 9.52. The van der Waals surface area contributed by atoms with Crippen LogP contribution in [0.5, 0.6) is 0 Å². The maximum Gasteiger partial charge on any atom is 0.135 e. The van der Waals surface area contributed by atoms with Crippen molar-refractivity contribution in [3.63, 3.8) is 0 Å². The highest BCUT2D eigenvalue weighted by Gasteiger charge is 2.16. The molecule has 2 nitrogen and oxygen atoms in total. The van der Waals surface area contributed by atoms with E-state index < -0.39 is 0 Å². The summed E-state index contributed by atoms with van der Waals surface area (Å²) in [6, 6.07) is 22.9. The molecule has 1 N–H and O–H groups in total. The quantitative estimate of drug-likeness (QED) is 0.422. The van der Waals surface area contributed by atoms with Crippen molar-refractivity contribution in [2.24, 2.45) is 0 Å². The number of aryl methyl sites for hydroxylation is 2. The molecule has 0 saturated heterocycles. The number of furan rings is 1. The number of hydrogen-bond donors (Lipinski definition) is 1. The van der Waals surface area contributed by atoms with Crippen molar-refractivity contribution in [2.45, 2.75) is 26.9 Å². The Morgan fingerprint density at radius 1 is 0.815 bits per heavy atom. The van der Waals surface area contributed by atoms with Gasteiger partial charge >= 0.3 is 0 Å². The maximum absolute atomic E-state index is 6.21. The van der Waals surface area contributed by atoms with Crippen molar-refractivity contribution in [3.8, 4) is 11.1 Å². The van der Waals surface area contributed by atoms with Crippen molar-refractivity contribution < 1.29 is 4.42 Å². The normalized spacial score (nSPS) is 11.2. The minimum absolute atomic E-state index is 0.666. The van der Waals surface area contributed by atoms with Crippen LogP contribution < -0.4 is 5.32 Å². The van der Waals surface area contributed by atoms with Crippen LogP contribution in [0, 0.1) is 13.8 Å². The summed E-state index contributed by atoms with van der Waals surface area (Å²) in [5.41, 5.74) is 6.98. The molecule has 136 valence electrons.